The van der Waals surface area contributed by atoms with Gasteiger partial charge in [-0.05, 0) is 39.8 Å². The van der Waals surface area contributed by atoms with Crippen molar-refractivity contribution in [3.05, 3.63) is 18.2 Å². The number of carbonyl (C=O) groups excluding carboxylic acids is 1. The Labute approximate surface area is 114 Å². The molecular weight excluding hydrogens is 240 g/mol. The summed E-state index contributed by atoms with van der Waals surface area (Å²) in [5.74, 6) is -0.275. The predicted molar refractivity (Wildman–Crippen MR) is 74.7 cm³/mol. The van der Waals surface area contributed by atoms with E-state index in [1.165, 1.54) is 5.69 Å². The molecule has 19 heavy (non-hydrogen) atoms. The lowest BCUT2D eigenvalue weighted by Crippen LogP contribution is -2.41. The van der Waals surface area contributed by atoms with Crippen LogP contribution < -0.4 is 11.1 Å². The summed E-state index contributed by atoms with van der Waals surface area (Å²) in [6.07, 6.45) is 5.93. The van der Waals surface area contributed by atoms with Crippen molar-refractivity contribution in [2.24, 2.45) is 11.1 Å². The van der Waals surface area contributed by atoms with Crippen molar-refractivity contribution < 1.29 is 4.79 Å². The Hall–Kier alpha value is -1.36. The molecule has 0 spiro atoms. The van der Waals surface area contributed by atoms with Gasteiger partial charge in [-0.1, -0.05) is 6.92 Å². The van der Waals surface area contributed by atoms with Crippen molar-refractivity contribution in [1.29, 1.82) is 0 Å². The molecule has 0 radical (unpaired) electrons. The molecule has 0 atom stereocenters. The fourth-order valence-corrected chi connectivity index (χ4v) is 2.69. The van der Waals surface area contributed by atoms with E-state index >= 15 is 0 Å². The number of carbonyl (C=O) groups is 1. The fraction of sp³-hybridized carbons (Fsp3) is 0.714. The van der Waals surface area contributed by atoms with E-state index in [0.29, 0.717) is 6.54 Å². The van der Waals surface area contributed by atoms with Gasteiger partial charge in [-0.2, -0.15) is 0 Å². The summed E-state index contributed by atoms with van der Waals surface area (Å²) in [7, 11) is 0. The third-order valence-electron chi connectivity index (χ3n) is 4.27. The smallest absolute Gasteiger partial charge is 0.224 e. The number of piperidine rings is 1. The maximum absolute atomic E-state index is 11.5. The van der Waals surface area contributed by atoms with Crippen LogP contribution in [-0.2, 0) is 16.8 Å². The Bertz CT molecular complexity index is 458. The van der Waals surface area contributed by atoms with Gasteiger partial charge in [0.25, 0.3) is 0 Å². The van der Waals surface area contributed by atoms with Gasteiger partial charge in [0.05, 0.1) is 11.7 Å². The van der Waals surface area contributed by atoms with Crippen molar-refractivity contribution >= 4 is 5.91 Å². The number of primary amides is 1. The van der Waals surface area contributed by atoms with Crippen LogP contribution in [0.4, 0.5) is 0 Å². The number of hydrogen-bond donors (Lipinski definition) is 2. The number of nitrogens with two attached hydrogens (primary N) is 1. The highest BCUT2D eigenvalue weighted by Crippen LogP contribution is 2.33. The van der Waals surface area contributed by atoms with E-state index in [4.69, 9.17) is 5.73 Å². The van der Waals surface area contributed by atoms with Crippen LogP contribution in [0, 0.1) is 5.41 Å². The van der Waals surface area contributed by atoms with Crippen LogP contribution in [0.5, 0.6) is 0 Å². The number of nitrogens with zero attached hydrogens (tertiary/aromatic N) is 2. The van der Waals surface area contributed by atoms with Gasteiger partial charge in [-0.25, -0.2) is 4.98 Å². The van der Waals surface area contributed by atoms with E-state index in [1.54, 1.807) is 0 Å². The third kappa shape index (κ3) is 2.81. The zero-order chi connectivity index (χ0) is 14.1. The number of imidazole rings is 1. The van der Waals surface area contributed by atoms with Gasteiger partial charge in [0.15, 0.2) is 0 Å². The minimum absolute atomic E-state index is 0.134. The van der Waals surface area contributed by atoms with Gasteiger partial charge in [0, 0.05) is 23.9 Å². The molecule has 0 bridgehead atoms. The van der Waals surface area contributed by atoms with Crippen LogP contribution >= 0.6 is 0 Å². The Morgan fingerprint density at radius 2 is 2.16 bits per heavy atom. The van der Waals surface area contributed by atoms with Crippen molar-refractivity contribution in [3.8, 4) is 0 Å². The number of rotatable bonds is 4. The van der Waals surface area contributed by atoms with E-state index in [9.17, 15) is 4.79 Å². The Balaban J connectivity index is 2.25. The molecule has 2 rings (SSSR count). The highest BCUT2D eigenvalue weighted by atomic mass is 16.1. The Morgan fingerprint density at radius 1 is 1.53 bits per heavy atom. The minimum Gasteiger partial charge on any atom is -0.369 e. The summed E-state index contributed by atoms with van der Waals surface area (Å²) >= 11 is 0. The molecule has 1 aliphatic heterocycles. The molecule has 1 saturated heterocycles. The van der Waals surface area contributed by atoms with E-state index in [1.807, 2.05) is 26.4 Å². The lowest BCUT2D eigenvalue weighted by atomic mass is 9.78. The summed E-state index contributed by atoms with van der Waals surface area (Å²) in [5, 5.41) is 3.38. The minimum atomic E-state index is -0.557. The molecule has 1 aromatic heterocycles. The van der Waals surface area contributed by atoms with E-state index < -0.39 is 5.41 Å². The zero-order valence-corrected chi connectivity index (χ0v) is 12.1. The Kier molecular flexibility index (Phi) is 3.67. The third-order valence-corrected chi connectivity index (χ3v) is 4.27. The molecule has 0 aliphatic carbocycles. The second kappa shape index (κ2) is 4.96. The Morgan fingerprint density at radius 3 is 2.74 bits per heavy atom. The van der Waals surface area contributed by atoms with Gasteiger partial charge in [-0.3, -0.25) is 4.79 Å². The van der Waals surface area contributed by atoms with Crippen molar-refractivity contribution in [2.75, 3.05) is 13.1 Å². The van der Waals surface area contributed by atoms with Gasteiger partial charge >= 0.3 is 0 Å². The van der Waals surface area contributed by atoms with Crippen LogP contribution in [-0.4, -0.2) is 28.5 Å². The molecule has 2 heterocycles. The lowest BCUT2D eigenvalue weighted by Gasteiger charge is -2.35. The van der Waals surface area contributed by atoms with Gasteiger partial charge in [0.2, 0.25) is 5.91 Å². The molecule has 0 unspecified atom stereocenters. The van der Waals surface area contributed by atoms with Crippen LogP contribution in [0.25, 0.3) is 0 Å². The summed E-state index contributed by atoms with van der Waals surface area (Å²) in [5.41, 5.74) is 6.25. The average Bonchev–Trinajstić information content (AvgIpc) is 2.78. The molecule has 5 heteroatoms. The summed E-state index contributed by atoms with van der Waals surface area (Å²) in [6, 6.07) is 0. The molecule has 0 saturated carbocycles. The van der Waals surface area contributed by atoms with Crippen LogP contribution in [0.3, 0.4) is 0 Å². The maximum Gasteiger partial charge on any atom is 0.224 e. The first kappa shape index (κ1) is 14.1. The maximum atomic E-state index is 11.5. The van der Waals surface area contributed by atoms with E-state index in [-0.39, 0.29) is 11.3 Å². The number of aromatic nitrogens is 2. The molecule has 1 aromatic rings. The molecular formula is C14H24N4O. The van der Waals surface area contributed by atoms with Gasteiger partial charge < -0.3 is 15.6 Å². The SMILES string of the molecule is CC(C)(Cn1cncc1C1(C)CCNCC1)C(N)=O. The molecule has 1 aliphatic rings. The zero-order valence-electron chi connectivity index (χ0n) is 12.1. The fourth-order valence-electron chi connectivity index (χ4n) is 2.69. The normalized spacial score (nSPS) is 19.3. The number of nitrogens with one attached hydrogen (secondary N) is 1. The van der Waals surface area contributed by atoms with Crippen LogP contribution in [0.2, 0.25) is 0 Å². The number of hydrogen-bond acceptors (Lipinski definition) is 3. The topological polar surface area (TPSA) is 72.9 Å². The van der Waals surface area contributed by atoms with Crippen molar-refractivity contribution in [3.63, 3.8) is 0 Å². The molecule has 5 nitrogen and oxygen atoms in total. The van der Waals surface area contributed by atoms with Crippen molar-refractivity contribution in [2.45, 2.75) is 45.6 Å². The standard InChI is InChI=1S/C14H24N4O/c1-13(2,12(15)19)9-18-10-17-8-11(18)14(3)4-6-16-7-5-14/h8,10,16H,4-7,9H2,1-3H3,(H2,15,19). The average molecular weight is 264 g/mol. The first-order chi connectivity index (χ1) is 8.85. The highest BCUT2D eigenvalue weighted by Gasteiger charge is 2.34. The predicted octanol–water partition coefficient (Wildman–Crippen LogP) is 1.04. The monoisotopic (exact) mass is 264 g/mol. The largest absolute Gasteiger partial charge is 0.369 e. The molecule has 1 amide bonds. The molecule has 0 aromatic carbocycles. The summed E-state index contributed by atoms with van der Waals surface area (Å²) < 4.78 is 2.09. The first-order valence-electron chi connectivity index (χ1n) is 6.86. The van der Waals surface area contributed by atoms with Crippen LogP contribution in [0.1, 0.15) is 39.3 Å². The van der Waals surface area contributed by atoms with E-state index in [2.05, 4.69) is 21.8 Å². The lowest BCUT2D eigenvalue weighted by molar-refractivity contribution is -0.126. The van der Waals surface area contributed by atoms with Gasteiger partial charge in [-0.15, -0.1) is 0 Å². The highest BCUT2D eigenvalue weighted by molar-refractivity contribution is 5.79. The first-order valence-corrected chi connectivity index (χ1v) is 6.86. The van der Waals surface area contributed by atoms with Gasteiger partial charge in [0.1, 0.15) is 0 Å². The summed E-state index contributed by atoms with van der Waals surface area (Å²) in [6.45, 7) is 8.68. The van der Waals surface area contributed by atoms with E-state index in [0.717, 1.165) is 25.9 Å². The second-order valence-corrected chi connectivity index (χ2v) is 6.47. The number of amides is 1. The molecule has 1 fully saturated rings. The summed E-state index contributed by atoms with van der Waals surface area (Å²) in [4.78, 5) is 15.8. The molecule has 3 N–H and O–H groups in total. The van der Waals surface area contributed by atoms with Crippen molar-refractivity contribution in [1.82, 2.24) is 14.9 Å². The second-order valence-electron chi connectivity index (χ2n) is 6.47. The molecule has 106 valence electrons. The van der Waals surface area contributed by atoms with Crippen LogP contribution in [0.15, 0.2) is 12.5 Å². The quantitative estimate of drug-likeness (QED) is 0.853.